The van der Waals surface area contributed by atoms with E-state index in [2.05, 4.69) is 34.3 Å². The van der Waals surface area contributed by atoms with Gasteiger partial charge in [-0.3, -0.25) is 14.4 Å². The highest BCUT2D eigenvalue weighted by atomic mass is 16.5. The number of ether oxygens (including phenoxy) is 2. The molecule has 7 heteroatoms. The first-order chi connectivity index (χ1) is 15.6. The number of hydrogen-bond donors (Lipinski definition) is 0. The van der Waals surface area contributed by atoms with Crippen molar-refractivity contribution >= 4 is 5.91 Å². The van der Waals surface area contributed by atoms with Crippen LogP contribution in [0.15, 0.2) is 48.5 Å². The summed E-state index contributed by atoms with van der Waals surface area (Å²) in [4.78, 5) is 17.6. The second-order valence-corrected chi connectivity index (χ2v) is 8.46. The van der Waals surface area contributed by atoms with Gasteiger partial charge in [-0.15, -0.1) is 0 Å². The minimum atomic E-state index is 0.0155. The maximum absolute atomic E-state index is 13.2. The highest BCUT2D eigenvalue weighted by Crippen LogP contribution is 2.33. The molecule has 1 saturated heterocycles. The Labute approximate surface area is 188 Å². The lowest BCUT2D eigenvalue weighted by molar-refractivity contribution is 0.0210. The molecule has 0 aliphatic carbocycles. The zero-order valence-electron chi connectivity index (χ0n) is 18.7. The van der Waals surface area contributed by atoms with Gasteiger partial charge in [-0.25, -0.2) is 0 Å². The summed E-state index contributed by atoms with van der Waals surface area (Å²) in [5, 5.41) is 4.58. The molecular formula is C25H28N4O3. The number of methoxy groups -OCH3 is 2. The van der Waals surface area contributed by atoms with Crippen molar-refractivity contribution in [1.29, 1.82) is 0 Å². The summed E-state index contributed by atoms with van der Waals surface area (Å²) in [6.07, 6.45) is 1.08. The molecule has 3 aromatic rings. The number of aromatic nitrogens is 2. The first-order valence-electron chi connectivity index (χ1n) is 10.9. The summed E-state index contributed by atoms with van der Waals surface area (Å²) < 4.78 is 12.5. The van der Waals surface area contributed by atoms with Crippen molar-refractivity contribution in [3.05, 3.63) is 65.4 Å². The van der Waals surface area contributed by atoms with E-state index in [1.807, 2.05) is 36.2 Å². The Morgan fingerprint density at radius 1 is 1.03 bits per heavy atom. The van der Waals surface area contributed by atoms with Crippen LogP contribution in [-0.2, 0) is 20.0 Å². The molecule has 2 aliphatic rings. The van der Waals surface area contributed by atoms with E-state index in [0.717, 1.165) is 38.2 Å². The second-order valence-electron chi connectivity index (χ2n) is 8.46. The Morgan fingerprint density at radius 2 is 1.81 bits per heavy atom. The highest BCUT2D eigenvalue weighted by molar-refractivity contribution is 5.94. The van der Waals surface area contributed by atoms with Crippen molar-refractivity contribution in [2.45, 2.75) is 19.0 Å². The number of fused-ring (bicyclic) bond motifs is 1. The van der Waals surface area contributed by atoms with Gasteiger partial charge >= 0.3 is 0 Å². The maximum Gasteiger partial charge on any atom is 0.272 e. The van der Waals surface area contributed by atoms with Crippen LogP contribution in [0.5, 0.6) is 11.5 Å². The number of benzene rings is 2. The van der Waals surface area contributed by atoms with Crippen LogP contribution >= 0.6 is 0 Å². The predicted octanol–water partition coefficient (Wildman–Crippen LogP) is 2.99. The van der Waals surface area contributed by atoms with Crippen LogP contribution in [0.25, 0.3) is 11.3 Å². The van der Waals surface area contributed by atoms with Gasteiger partial charge in [0.05, 0.1) is 19.9 Å². The molecule has 0 unspecified atom stereocenters. The van der Waals surface area contributed by atoms with Gasteiger partial charge in [-0.1, -0.05) is 24.3 Å². The Morgan fingerprint density at radius 3 is 2.56 bits per heavy atom. The molecule has 1 amide bonds. The van der Waals surface area contributed by atoms with E-state index in [9.17, 15) is 4.79 Å². The summed E-state index contributed by atoms with van der Waals surface area (Å²) in [5.74, 6) is 1.42. The normalized spacial score (nSPS) is 16.4. The van der Waals surface area contributed by atoms with Crippen LogP contribution in [0.4, 0.5) is 0 Å². The first kappa shape index (κ1) is 20.6. The Bertz CT molecular complexity index is 1150. The molecule has 166 valence electrons. The Kier molecular flexibility index (Phi) is 5.35. The topological polar surface area (TPSA) is 59.8 Å². The van der Waals surface area contributed by atoms with Gasteiger partial charge in [0.25, 0.3) is 5.91 Å². The molecule has 0 atom stereocenters. The SMILES string of the molecule is COc1ccc(OC)c(-c2cc(C(=O)N3CC(N4CCc5ccccc5C4)C3)n(C)n2)c1. The lowest BCUT2D eigenvalue weighted by Gasteiger charge is -2.46. The molecule has 0 radical (unpaired) electrons. The fourth-order valence-electron chi connectivity index (χ4n) is 4.66. The van der Waals surface area contributed by atoms with E-state index in [1.165, 1.54) is 11.1 Å². The van der Waals surface area contributed by atoms with Crippen molar-refractivity contribution in [2.24, 2.45) is 7.05 Å². The molecule has 2 aliphatic heterocycles. The van der Waals surface area contributed by atoms with Gasteiger partial charge in [0, 0.05) is 44.8 Å². The van der Waals surface area contributed by atoms with Gasteiger partial charge in [0.2, 0.25) is 0 Å². The number of hydrogen-bond acceptors (Lipinski definition) is 5. The van der Waals surface area contributed by atoms with Gasteiger partial charge in [0.15, 0.2) is 0 Å². The highest BCUT2D eigenvalue weighted by Gasteiger charge is 2.37. The molecule has 0 spiro atoms. The summed E-state index contributed by atoms with van der Waals surface area (Å²) in [6, 6.07) is 16.5. The largest absolute Gasteiger partial charge is 0.497 e. The predicted molar refractivity (Wildman–Crippen MR) is 122 cm³/mol. The third-order valence-corrected chi connectivity index (χ3v) is 6.61. The third kappa shape index (κ3) is 3.62. The van der Waals surface area contributed by atoms with Crippen LogP contribution in [-0.4, -0.2) is 65.4 Å². The van der Waals surface area contributed by atoms with Crippen LogP contribution in [0, 0.1) is 0 Å². The smallest absolute Gasteiger partial charge is 0.272 e. The fourth-order valence-corrected chi connectivity index (χ4v) is 4.66. The van der Waals surface area contributed by atoms with Gasteiger partial charge in [-0.2, -0.15) is 5.10 Å². The van der Waals surface area contributed by atoms with Crippen LogP contribution in [0.1, 0.15) is 21.6 Å². The van der Waals surface area contributed by atoms with E-state index in [4.69, 9.17) is 9.47 Å². The number of aryl methyl sites for hydroxylation is 1. The van der Waals surface area contributed by atoms with E-state index in [1.54, 1.807) is 18.9 Å². The van der Waals surface area contributed by atoms with Gasteiger partial charge in [0.1, 0.15) is 17.2 Å². The lowest BCUT2D eigenvalue weighted by atomic mass is 9.96. The van der Waals surface area contributed by atoms with Gasteiger partial charge < -0.3 is 14.4 Å². The van der Waals surface area contributed by atoms with E-state index < -0.39 is 0 Å². The molecule has 0 N–H and O–H groups in total. The third-order valence-electron chi connectivity index (χ3n) is 6.61. The Hall–Kier alpha value is -3.32. The molecule has 1 fully saturated rings. The van der Waals surface area contributed by atoms with Crippen molar-refractivity contribution in [3.63, 3.8) is 0 Å². The summed E-state index contributed by atoms with van der Waals surface area (Å²) in [6.45, 7) is 3.53. The van der Waals surface area contributed by atoms with Crippen molar-refractivity contribution in [1.82, 2.24) is 19.6 Å². The van der Waals surface area contributed by atoms with E-state index >= 15 is 0 Å². The lowest BCUT2D eigenvalue weighted by Crippen LogP contribution is -2.61. The van der Waals surface area contributed by atoms with Crippen LogP contribution in [0.2, 0.25) is 0 Å². The molecular weight excluding hydrogens is 404 g/mol. The van der Waals surface area contributed by atoms with Crippen molar-refractivity contribution in [3.8, 4) is 22.8 Å². The minimum absolute atomic E-state index is 0.0155. The average molecular weight is 433 g/mol. The fraction of sp³-hybridized carbons (Fsp3) is 0.360. The average Bonchev–Trinajstić information content (AvgIpc) is 3.19. The number of amides is 1. The molecule has 0 bridgehead atoms. The monoisotopic (exact) mass is 432 g/mol. The minimum Gasteiger partial charge on any atom is -0.497 e. The number of nitrogens with zero attached hydrogens (tertiary/aromatic N) is 4. The molecule has 1 aromatic heterocycles. The van der Waals surface area contributed by atoms with E-state index in [-0.39, 0.29) is 5.91 Å². The number of carbonyl (C=O) groups excluding carboxylic acids is 1. The number of rotatable bonds is 5. The molecule has 7 nitrogen and oxygen atoms in total. The molecule has 0 saturated carbocycles. The first-order valence-corrected chi connectivity index (χ1v) is 10.9. The standard InChI is InChI=1S/C25H28N4O3/c1-27-23(13-22(26-27)21-12-20(31-2)8-9-24(21)32-3)25(30)29-15-19(16-29)28-11-10-17-6-4-5-7-18(17)14-28/h4-9,12-13,19H,10-11,14-16H2,1-3H3. The summed E-state index contributed by atoms with van der Waals surface area (Å²) >= 11 is 0. The second kappa shape index (κ2) is 8.31. The number of carbonyl (C=O) groups is 1. The number of likely N-dealkylation sites (tertiary alicyclic amines) is 1. The Balaban J connectivity index is 1.28. The quantitative estimate of drug-likeness (QED) is 0.620. The summed E-state index contributed by atoms with van der Waals surface area (Å²) in [7, 11) is 5.06. The molecule has 5 rings (SSSR count). The summed E-state index contributed by atoms with van der Waals surface area (Å²) in [5.41, 5.74) is 4.93. The van der Waals surface area contributed by atoms with Crippen molar-refractivity contribution in [2.75, 3.05) is 33.9 Å². The van der Waals surface area contributed by atoms with Crippen LogP contribution in [0.3, 0.4) is 0 Å². The maximum atomic E-state index is 13.2. The molecule has 2 aromatic carbocycles. The van der Waals surface area contributed by atoms with Crippen LogP contribution < -0.4 is 9.47 Å². The molecule has 3 heterocycles. The zero-order chi connectivity index (χ0) is 22.2. The zero-order valence-corrected chi connectivity index (χ0v) is 18.7. The van der Waals surface area contributed by atoms with Crippen molar-refractivity contribution < 1.29 is 14.3 Å². The van der Waals surface area contributed by atoms with Gasteiger partial charge in [-0.05, 0) is 41.8 Å². The van der Waals surface area contributed by atoms with E-state index in [0.29, 0.717) is 28.9 Å². The molecule has 32 heavy (non-hydrogen) atoms.